The Morgan fingerprint density at radius 2 is 1.83 bits per heavy atom. The highest BCUT2D eigenvalue weighted by atomic mass is 35.5. The summed E-state index contributed by atoms with van der Waals surface area (Å²) in [5, 5.41) is 51.6. The number of amides is 2. The molecule has 7 N–H and O–H groups in total. The molecule has 0 bridgehead atoms. The van der Waals surface area contributed by atoms with Gasteiger partial charge < -0.3 is 45.6 Å². The number of hydrogen-bond acceptors (Lipinski definition) is 11. The van der Waals surface area contributed by atoms with Gasteiger partial charge in [0, 0.05) is 59.6 Å². The quantitative estimate of drug-likeness (QED) is 0.0886. The summed E-state index contributed by atoms with van der Waals surface area (Å²) in [5.41, 5.74) is 1.80. The van der Waals surface area contributed by atoms with E-state index in [0.29, 0.717) is 25.6 Å². The van der Waals surface area contributed by atoms with Crippen LogP contribution in [0.3, 0.4) is 0 Å². The number of ether oxygens (including phenoxy) is 2. The van der Waals surface area contributed by atoms with E-state index in [4.69, 9.17) is 37.1 Å². The normalized spacial score (nSPS) is 21.0. The molecule has 284 valence electrons. The standard InChI is InChI=1S/C36H47ClN4O10S/c1-41(17-5-4-15-39-35(47)40-30(20-42)33(45)34(46)31(44)21-43)52(48,49)25-10-11-29(37)23(18-25)22-50-36(13-14-36)28-19-38-16-12-26(28)27-6-2-3-7-32(27)51-24-8-9-24/h2-3,6-7,10-12,16,18-19,24,30-31,33-34,42-46H,4-5,8-9,13-15,17,20-22H2,1H3,(H2,39,40,47)/t30-,31+,33+,34+/m0/s1/i4D2,5D2,15D2,17D2. The zero-order valence-corrected chi connectivity index (χ0v) is 29.6. The molecule has 3 aromatic rings. The summed E-state index contributed by atoms with van der Waals surface area (Å²) in [4.78, 5) is 16.4. The van der Waals surface area contributed by atoms with Gasteiger partial charge in [-0.2, -0.15) is 0 Å². The number of hydrogen-bond donors (Lipinski definition) is 7. The predicted octanol–water partition coefficient (Wildman–Crippen LogP) is 2.28. The number of carbonyl (C=O) groups excluding carboxylic acids is 1. The average molecular weight is 771 g/mol. The van der Waals surface area contributed by atoms with Gasteiger partial charge in [0.25, 0.3) is 0 Å². The van der Waals surface area contributed by atoms with Crippen LogP contribution >= 0.6 is 11.6 Å². The summed E-state index contributed by atoms with van der Waals surface area (Å²) < 4.78 is 108. The van der Waals surface area contributed by atoms with E-state index in [9.17, 15) is 33.6 Å². The van der Waals surface area contributed by atoms with Crippen LogP contribution in [0.2, 0.25) is 5.02 Å². The Morgan fingerprint density at radius 3 is 2.52 bits per heavy atom. The van der Waals surface area contributed by atoms with Crippen LogP contribution < -0.4 is 15.4 Å². The van der Waals surface area contributed by atoms with Crippen molar-refractivity contribution in [2.75, 3.05) is 33.3 Å². The molecular formula is C36H47ClN4O10S. The Labute approximate surface area is 319 Å². The van der Waals surface area contributed by atoms with Crippen LogP contribution in [0.1, 0.15) is 60.5 Å². The first kappa shape index (κ1) is 30.0. The maximum atomic E-state index is 14.0. The topological polar surface area (TPSA) is 211 Å². The summed E-state index contributed by atoms with van der Waals surface area (Å²) in [6, 6.07) is 9.26. The number of carbonyl (C=O) groups is 1. The Balaban J connectivity index is 1.33. The maximum absolute atomic E-state index is 14.0. The second kappa shape index (κ2) is 17.6. The minimum Gasteiger partial charge on any atom is -0.490 e. The number of halogens is 1. The predicted molar refractivity (Wildman–Crippen MR) is 192 cm³/mol. The lowest BCUT2D eigenvalue weighted by Crippen LogP contribution is -2.56. The lowest BCUT2D eigenvalue weighted by atomic mass is 9.96. The lowest BCUT2D eigenvalue weighted by Gasteiger charge is -2.28. The van der Waals surface area contributed by atoms with Crippen LogP contribution in [0, 0.1) is 0 Å². The van der Waals surface area contributed by atoms with Crippen molar-refractivity contribution in [3.8, 4) is 16.9 Å². The third kappa shape index (κ3) is 9.78. The van der Waals surface area contributed by atoms with Crippen molar-refractivity contribution in [1.29, 1.82) is 0 Å². The Kier molecular flexibility index (Phi) is 10.2. The van der Waals surface area contributed by atoms with Gasteiger partial charge in [-0.15, -0.1) is 0 Å². The molecule has 1 aromatic heterocycles. The fourth-order valence-corrected chi connectivity index (χ4v) is 6.44. The number of aliphatic hydroxyl groups is 5. The highest BCUT2D eigenvalue weighted by Gasteiger charge is 2.48. The first-order valence-corrected chi connectivity index (χ1v) is 18.2. The number of aromatic nitrogens is 1. The molecule has 5 rings (SSSR count). The monoisotopic (exact) mass is 770 g/mol. The smallest absolute Gasteiger partial charge is 0.315 e. The average Bonchev–Trinajstić information content (AvgIpc) is 4.16. The Hall–Kier alpha value is -3.38. The molecule has 2 amide bonds. The molecule has 2 aliphatic carbocycles. The highest BCUT2D eigenvalue weighted by molar-refractivity contribution is 7.89. The molecule has 2 fully saturated rings. The summed E-state index contributed by atoms with van der Waals surface area (Å²) in [5.74, 6) is 0.713. The Morgan fingerprint density at radius 1 is 1.08 bits per heavy atom. The molecule has 52 heavy (non-hydrogen) atoms. The number of para-hydroxylation sites is 1. The van der Waals surface area contributed by atoms with Crippen molar-refractivity contribution in [2.24, 2.45) is 0 Å². The second-order valence-electron chi connectivity index (χ2n) is 12.3. The minimum absolute atomic E-state index is 0.0873. The zero-order chi connectivity index (χ0) is 44.6. The second-order valence-corrected chi connectivity index (χ2v) is 14.7. The fraction of sp³-hybridized carbons (Fsp3) is 0.500. The molecule has 0 saturated heterocycles. The Bertz CT molecular complexity index is 2140. The number of urea groups is 1. The van der Waals surface area contributed by atoms with E-state index in [0.717, 1.165) is 41.7 Å². The van der Waals surface area contributed by atoms with Crippen LogP contribution in [0.4, 0.5) is 4.79 Å². The van der Waals surface area contributed by atoms with Crippen LogP contribution in [0.5, 0.6) is 5.75 Å². The van der Waals surface area contributed by atoms with Gasteiger partial charge >= 0.3 is 6.03 Å². The first-order chi connectivity index (χ1) is 27.9. The summed E-state index contributed by atoms with van der Waals surface area (Å²) in [6.45, 7) is -10.1. The minimum atomic E-state index is -5.06. The van der Waals surface area contributed by atoms with E-state index in [1.807, 2.05) is 35.6 Å². The van der Waals surface area contributed by atoms with E-state index < -0.39 is 89.9 Å². The molecule has 2 aromatic carbocycles. The number of nitrogens with zero attached hydrogens (tertiary/aromatic N) is 2. The zero-order valence-electron chi connectivity index (χ0n) is 36.1. The third-order valence-corrected chi connectivity index (χ3v) is 10.6. The largest absolute Gasteiger partial charge is 0.490 e. The fourth-order valence-electron chi connectivity index (χ4n) is 5.25. The number of rotatable bonds is 20. The summed E-state index contributed by atoms with van der Waals surface area (Å²) in [7, 11) is -4.44. The summed E-state index contributed by atoms with van der Waals surface area (Å²) in [6.07, 6.45) is -7.72. The molecule has 0 unspecified atom stereocenters. The highest BCUT2D eigenvalue weighted by Crippen LogP contribution is 2.53. The van der Waals surface area contributed by atoms with Gasteiger partial charge in [-0.05, 0) is 79.9 Å². The van der Waals surface area contributed by atoms with Crippen LogP contribution in [-0.2, 0) is 27.0 Å². The van der Waals surface area contributed by atoms with E-state index in [1.54, 1.807) is 12.4 Å². The van der Waals surface area contributed by atoms with Crippen molar-refractivity contribution in [3.05, 3.63) is 77.1 Å². The third-order valence-electron chi connectivity index (χ3n) is 8.56. The lowest BCUT2D eigenvalue weighted by molar-refractivity contribution is -0.0902. The molecule has 0 radical (unpaired) electrons. The molecule has 1 heterocycles. The summed E-state index contributed by atoms with van der Waals surface area (Å²) >= 11 is 6.49. The first-order valence-electron chi connectivity index (χ1n) is 20.3. The number of aliphatic hydroxyl groups excluding tert-OH is 5. The molecule has 0 spiro atoms. The number of sulfonamides is 1. The van der Waals surface area contributed by atoms with Gasteiger partial charge in [-0.25, -0.2) is 17.5 Å². The van der Waals surface area contributed by atoms with Crippen molar-refractivity contribution in [3.63, 3.8) is 0 Å². The number of nitrogens with one attached hydrogen (secondary N) is 2. The van der Waals surface area contributed by atoms with Crippen LogP contribution in [0.25, 0.3) is 11.1 Å². The van der Waals surface area contributed by atoms with Crippen molar-refractivity contribution >= 4 is 27.7 Å². The van der Waals surface area contributed by atoms with Gasteiger partial charge in [-0.1, -0.05) is 29.8 Å². The van der Waals surface area contributed by atoms with Gasteiger partial charge in [-0.3, -0.25) is 4.98 Å². The van der Waals surface area contributed by atoms with E-state index >= 15 is 0 Å². The molecular weight excluding hydrogens is 716 g/mol. The molecule has 2 saturated carbocycles. The van der Waals surface area contributed by atoms with E-state index in [1.165, 1.54) is 11.4 Å². The van der Waals surface area contributed by atoms with Gasteiger partial charge in [0.05, 0.1) is 42.5 Å². The number of benzene rings is 2. The van der Waals surface area contributed by atoms with E-state index in [-0.39, 0.29) is 27.6 Å². The molecule has 16 heteroatoms. The van der Waals surface area contributed by atoms with Crippen LogP contribution in [0.15, 0.2) is 65.8 Å². The van der Waals surface area contributed by atoms with Gasteiger partial charge in [0.15, 0.2) is 0 Å². The van der Waals surface area contributed by atoms with Gasteiger partial charge in [0.1, 0.15) is 24.1 Å². The van der Waals surface area contributed by atoms with Crippen molar-refractivity contribution < 1.29 is 59.2 Å². The maximum Gasteiger partial charge on any atom is 0.315 e. The SMILES string of the molecule is [2H]C([2H])(NC(=O)N[C@@H](CO)[C@@H](O)[C@H](O)[C@H](O)CO)C([2H])([2H])C([2H])([2H])C([2H])([2H])N(C)S(=O)(=O)c1ccc(Cl)c(COC2(c3cnccc3-c3ccccc3OC3CC3)CC2)c1. The van der Waals surface area contributed by atoms with Gasteiger partial charge in [0.2, 0.25) is 10.0 Å². The molecule has 14 nitrogen and oxygen atoms in total. The van der Waals surface area contributed by atoms with Crippen LogP contribution in [-0.4, -0.2) is 113 Å². The number of pyridine rings is 1. The molecule has 4 atom stereocenters. The molecule has 0 aliphatic heterocycles. The van der Waals surface area contributed by atoms with E-state index in [2.05, 4.69) is 4.98 Å². The molecule has 2 aliphatic rings. The van der Waals surface area contributed by atoms with Crippen molar-refractivity contribution in [2.45, 2.75) is 86.0 Å². The van der Waals surface area contributed by atoms with Crippen molar-refractivity contribution in [1.82, 2.24) is 19.9 Å².